The second kappa shape index (κ2) is 9.97. The number of likely N-dealkylation sites (N-methyl/N-ethyl adjacent to an activating group) is 1. The van der Waals surface area contributed by atoms with Gasteiger partial charge >= 0.3 is 5.97 Å². The topological polar surface area (TPSA) is 104 Å². The minimum Gasteiger partial charge on any atom is -0.837 e. The third-order valence-corrected chi connectivity index (χ3v) is 6.97. The maximum Gasteiger partial charge on any atom is 0.300 e. The van der Waals surface area contributed by atoms with Gasteiger partial charge in [0.25, 0.3) is 5.91 Å². The van der Waals surface area contributed by atoms with E-state index in [4.69, 9.17) is 4.74 Å². The van der Waals surface area contributed by atoms with Crippen molar-refractivity contribution >= 4 is 17.7 Å². The second-order valence-electron chi connectivity index (χ2n) is 9.58. The third kappa shape index (κ3) is 5.39. The van der Waals surface area contributed by atoms with Gasteiger partial charge in [-0.25, -0.2) is 9.97 Å². The lowest BCUT2D eigenvalue weighted by atomic mass is 9.73. The number of aromatic nitrogens is 2. The van der Waals surface area contributed by atoms with Gasteiger partial charge in [-0.2, -0.15) is 0 Å². The summed E-state index contributed by atoms with van der Waals surface area (Å²) in [5, 5.41) is 16.9. The summed E-state index contributed by atoms with van der Waals surface area (Å²) in [6, 6.07) is 10.6. The van der Waals surface area contributed by atoms with Crippen LogP contribution in [0, 0.1) is 5.92 Å². The third-order valence-electron chi connectivity index (χ3n) is 6.97. The maximum absolute atomic E-state index is 14.1. The van der Waals surface area contributed by atoms with E-state index in [2.05, 4.69) is 15.3 Å². The van der Waals surface area contributed by atoms with Gasteiger partial charge in [0.1, 0.15) is 18.7 Å². The van der Waals surface area contributed by atoms with Gasteiger partial charge in [0.2, 0.25) is 0 Å². The van der Waals surface area contributed by atoms with Crippen molar-refractivity contribution in [3.63, 3.8) is 0 Å². The largest absolute Gasteiger partial charge is 0.837 e. The van der Waals surface area contributed by atoms with E-state index in [-0.39, 0.29) is 24.5 Å². The molecule has 0 radical (unpaired) electrons. The van der Waals surface area contributed by atoms with E-state index in [1.165, 1.54) is 6.33 Å². The lowest BCUT2D eigenvalue weighted by Crippen LogP contribution is -2.56. The van der Waals surface area contributed by atoms with Crippen molar-refractivity contribution in [3.05, 3.63) is 54.5 Å². The number of anilines is 1. The monoisotopic (exact) mass is 452 g/mol. The van der Waals surface area contributed by atoms with Crippen molar-refractivity contribution in [1.82, 2.24) is 9.97 Å². The number of hydrogen-bond donors (Lipinski definition) is 1. The fourth-order valence-corrected chi connectivity index (χ4v) is 5.22. The minimum absolute atomic E-state index is 0.159. The molecule has 1 saturated carbocycles. The number of quaternary nitrogens is 1. The van der Waals surface area contributed by atoms with Crippen molar-refractivity contribution < 1.29 is 23.9 Å². The molecule has 1 aliphatic carbocycles. The number of likely N-dealkylation sites (tertiary alicyclic amines) is 1. The van der Waals surface area contributed by atoms with E-state index < -0.39 is 11.6 Å². The first-order valence-electron chi connectivity index (χ1n) is 11.8. The molecule has 1 aromatic carbocycles. The van der Waals surface area contributed by atoms with Gasteiger partial charge in [-0.15, -0.1) is 0 Å². The minimum atomic E-state index is -1.89. The van der Waals surface area contributed by atoms with Gasteiger partial charge in [0.15, 0.2) is 12.6 Å². The average Bonchev–Trinajstić information content (AvgIpc) is 3.19. The Hall–Kier alpha value is -2.84. The molecule has 1 N–H and O–H groups in total. The SMILES string of the molecule is C[N+]1(CC(=O)Nc2ccncn2)CC[C@@H](OC(=O)C([O-])(c2ccccc2)C2CCCCC2)C1. The number of carbonyl (C=O) groups excluding carboxylic acids is 2. The van der Waals surface area contributed by atoms with Crippen LogP contribution in [0.15, 0.2) is 48.9 Å². The first-order chi connectivity index (χ1) is 15.9. The van der Waals surface area contributed by atoms with Crippen molar-refractivity contribution in [2.45, 2.75) is 50.2 Å². The van der Waals surface area contributed by atoms with Crippen LogP contribution in [0.1, 0.15) is 44.1 Å². The van der Waals surface area contributed by atoms with Crippen LogP contribution >= 0.6 is 0 Å². The number of ether oxygens (including phenoxy) is 1. The zero-order valence-electron chi connectivity index (χ0n) is 19.1. The van der Waals surface area contributed by atoms with Crippen molar-refractivity contribution in [1.29, 1.82) is 0 Å². The molecule has 1 aromatic heterocycles. The summed E-state index contributed by atoms with van der Waals surface area (Å²) in [5.74, 6) is -0.644. The predicted octanol–water partition coefficient (Wildman–Crippen LogP) is 2.01. The van der Waals surface area contributed by atoms with Crippen LogP contribution in [-0.2, 0) is 19.9 Å². The zero-order valence-corrected chi connectivity index (χ0v) is 19.1. The van der Waals surface area contributed by atoms with E-state index in [9.17, 15) is 14.7 Å². The molecule has 1 amide bonds. The van der Waals surface area contributed by atoms with Crippen LogP contribution < -0.4 is 10.4 Å². The second-order valence-corrected chi connectivity index (χ2v) is 9.58. The lowest BCUT2D eigenvalue weighted by molar-refractivity contribution is -0.890. The summed E-state index contributed by atoms with van der Waals surface area (Å²) in [4.78, 5) is 33.7. The molecule has 2 aromatic rings. The van der Waals surface area contributed by atoms with E-state index in [1.807, 2.05) is 13.1 Å². The Labute approximate surface area is 194 Å². The smallest absolute Gasteiger partial charge is 0.300 e. The maximum atomic E-state index is 14.1. The van der Waals surface area contributed by atoms with E-state index in [0.29, 0.717) is 35.4 Å². The first kappa shape index (κ1) is 23.3. The summed E-state index contributed by atoms with van der Waals surface area (Å²) in [5.41, 5.74) is -1.40. The number of amides is 1. The summed E-state index contributed by atoms with van der Waals surface area (Å²) < 4.78 is 6.30. The fourth-order valence-electron chi connectivity index (χ4n) is 5.22. The van der Waals surface area contributed by atoms with E-state index >= 15 is 0 Å². The zero-order chi connectivity index (χ0) is 23.3. The Morgan fingerprint density at radius 2 is 1.91 bits per heavy atom. The molecule has 2 unspecified atom stereocenters. The van der Waals surface area contributed by atoms with Gasteiger partial charge in [-0.3, -0.25) is 9.59 Å². The highest BCUT2D eigenvalue weighted by Gasteiger charge is 2.43. The number of nitrogens with zero attached hydrogens (tertiary/aromatic N) is 3. The molecule has 8 heteroatoms. The van der Waals surface area contributed by atoms with Crippen LogP contribution in [0.5, 0.6) is 0 Å². The summed E-state index contributed by atoms with van der Waals surface area (Å²) in [6.07, 6.45) is 7.72. The molecule has 33 heavy (non-hydrogen) atoms. The summed E-state index contributed by atoms with van der Waals surface area (Å²) in [6.45, 7) is 1.43. The number of rotatable bonds is 7. The normalized spacial score (nSPS) is 25.2. The Bertz CT molecular complexity index is 951. The molecule has 0 bridgehead atoms. The summed E-state index contributed by atoms with van der Waals surface area (Å²) in [7, 11) is 1.97. The van der Waals surface area contributed by atoms with Crippen LogP contribution in [0.4, 0.5) is 5.82 Å². The molecular formula is C25H32N4O4. The van der Waals surface area contributed by atoms with Gasteiger partial charge in [-0.05, 0) is 17.5 Å². The molecule has 4 rings (SSSR count). The molecule has 176 valence electrons. The molecule has 3 atom stereocenters. The van der Waals surface area contributed by atoms with Crippen LogP contribution in [0.2, 0.25) is 0 Å². The van der Waals surface area contributed by atoms with Crippen molar-refractivity contribution in [2.75, 3.05) is 32.0 Å². The Balaban J connectivity index is 1.41. The molecule has 2 heterocycles. The number of benzene rings is 1. The molecule has 8 nitrogen and oxygen atoms in total. The highest BCUT2D eigenvalue weighted by Crippen LogP contribution is 2.39. The molecule has 1 saturated heterocycles. The van der Waals surface area contributed by atoms with E-state index in [1.54, 1.807) is 36.5 Å². The standard InChI is InChI=1S/C25H32N4O4/c1-29(17-23(30)28-22-12-14-26-18-27-22)15-13-21(16-29)33-24(31)25(32,19-8-4-2-5-9-19)20-10-6-3-7-11-20/h2,4-5,8-9,12,14,18,20-21H,3,6-7,10-11,13,15-17H2,1H3,(H,26,27,28,30)/t21-,25?,29?/m1/s1. The van der Waals surface area contributed by atoms with Gasteiger partial charge < -0.3 is 19.6 Å². The predicted molar refractivity (Wildman–Crippen MR) is 121 cm³/mol. The van der Waals surface area contributed by atoms with Gasteiger partial charge in [0, 0.05) is 18.2 Å². The highest BCUT2D eigenvalue weighted by molar-refractivity contribution is 5.90. The van der Waals surface area contributed by atoms with Crippen LogP contribution in [0.25, 0.3) is 0 Å². The average molecular weight is 453 g/mol. The Morgan fingerprint density at radius 1 is 1.15 bits per heavy atom. The van der Waals surface area contributed by atoms with E-state index in [0.717, 1.165) is 32.1 Å². The van der Waals surface area contributed by atoms with Crippen LogP contribution in [-0.4, -0.2) is 59.1 Å². The fraction of sp³-hybridized carbons (Fsp3) is 0.520. The first-order valence-corrected chi connectivity index (χ1v) is 11.8. The number of hydrogen-bond acceptors (Lipinski definition) is 6. The van der Waals surface area contributed by atoms with Gasteiger partial charge in [-0.1, -0.05) is 62.4 Å². The molecule has 2 aliphatic rings. The lowest BCUT2D eigenvalue weighted by Gasteiger charge is -2.47. The van der Waals surface area contributed by atoms with Crippen molar-refractivity contribution in [2.24, 2.45) is 5.92 Å². The number of esters is 1. The Kier molecular flexibility index (Phi) is 7.05. The van der Waals surface area contributed by atoms with Crippen molar-refractivity contribution in [3.8, 4) is 0 Å². The molecule has 2 fully saturated rings. The summed E-state index contributed by atoms with van der Waals surface area (Å²) >= 11 is 0. The highest BCUT2D eigenvalue weighted by atomic mass is 16.6. The molecule has 1 aliphatic heterocycles. The quantitative estimate of drug-likeness (QED) is 0.509. The van der Waals surface area contributed by atoms with Crippen LogP contribution in [0.3, 0.4) is 0 Å². The molecule has 0 spiro atoms. The number of carbonyl (C=O) groups is 2. The number of nitrogens with one attached hydrogen (secondary N) is 1. The van der Waals surface area contributed by atoms with Gasteiger partial charge in [0.05, 0.1) is 13.6 Å². The Morgan fingerprint density at radius 3 is 2.61 bits per heavy atom. The molecular weight excluding hydrogens is 420 g/mol.